The molecule has 0 aromatic heterocycles. The van der Waals surface area contributed by atoms with Crippen LogP contribution in [-0.4, -0.2) is 51.5 Å². The third kappa shape index (κ3) is 674. The van der Waals surface area contributed by atoms with E-state index in [0.29, 0.717) is 6.42 Å². The van der Waals surface area contributed by atoms with Crippen molar-refractivity contribution in [1.29, 1.82) is 0 Å². The van der Waals surface area contributed by atoms with Crippen molar-refractivity contribution in [2.75, 3.05) is 0 Å². The molecular weight excluding hydrogens is 260 g/mol. The smallest absolute Gasteiger partial charge is 0.368 e. The fourth-order valence-corrected chi connectivity index (χ4v) is 0. The second-order valence-corrected chi connectivity index (χ2v) is 3.58. The average molecular weight is 272 g/mol. The lowest BCUT2D eigenvalue weighted by molar-refractivity contribution is -0.0413. The molecule has 0 radical (unpaired) electrons. The Morgan fingerprint density at radius 1 is 0.867 bits per heavy atom. The highest BCUT2D eigenvalue weighted by atomic mass is 32.3. The first-order valence-electron chi connectivity index (χ1n) is 3.03. The molecule has 0 bridgehead atoms. The van der Waals surface area contributed by atoms with Gasteiger partial charge in [-0.15, -0.1) is 0 Å². The van der Waals surface area contributed by atoms with Crippen molar-refractivity contribution in [3.8, 4) is 0 Å². The monoisotopic (exact) mass is 272 g/mol. The second-order valence-electron chi connectivity index (χ2n) is 1.78. The van der Waals surface area contributed by atoms with E-state index in [4.69, 9.17) is 45.3 Å². The van der Waals surface area contributed by atoms with E-state index in [9.17, 15) is 0 Å². The highest BCUT2D eigenvalue weighted by Crippen LogP contribution is 1.77. The van der Waals surface area contributed by atoms with Crippen molar-refractivity contribution < 1.29 is 45.3 Å². The molecule has 0 saturated carbocycles. The molecule has 0 aromatic rings. The first-order valence-corrected chi connectivity index (χ1v) is 5.82. The van der Waals surface area contributed by atoms with Gasteiger partial charge >= 0.3 is 20.8 Å². The Bertz CT molecular complexity index is 265. The first kappa shape index (κ1) is 20.1. The van der Waals surface area contributed by atoms with Gasteiger partial charge in [0.2, 0.25) is 0 Å². The van der Waals surface area contributed by atoms with E-state index in [-0.39, 0.29) is 0 Å². The molecular formula is C3H12O10S2. The van der Waals surface area contributed by atoms with Gasteiger partial charge in [-0.2, -0.15) is 16.8 Å². The minimum Gasteiger partial charge on any atom is -0.368 e. The van der Waals surface area contributed by atoms with Gasteiger partial charge in [0.1, 0.15) is 0 Å². The summed E-state index contributed by atoms with van der Waals surface area (Å²) < 4.78 is 63.2. The highest BCUT2D eigenvalue weighted by molar-refractivity contribution is 7.80. The predicted molar refractivity (Wildman–Crippen MR) is 46.9 cm³/mol. The maximum atomic E-state index is 8.74. The summed E-state index contributed by atoms with van der Waals surface area (Å²) in [6.45, 7) is 1.70. The van der Waals surface area contributed by atoms with Crippen molar-refractivity contribution in [3.63, 3.8) is 0 Å². The quantitative estimate of drug-likeness (QED) is 0.239. The van der Waals surface area contributed by atoms with Crippen LogP contribution in [-0.2, 0) is 20.8 Å². The third-order valence-corrected chi connectivity index (χ3v) is 0.365. The van der Waals surface area contributed by atoms with Gasteiger partial charge in [0.25, 0.3) is 0 Å². The van der Waals surface area contributed by atoms with Crippen molar-refractivity contribution in [2.45, 2.75) is 19.6 Å². The van der Waals surface area contributed by atoms with Crippen molar-refractivity contribution in [2.24, 2.45) is 0 Å². The zero-order chi connectivity index (χ0) is 13.3. The first-order chi connectivity index (χ1) is 6.27. The van der Waals surface area contributed by atoms with Crippen LogP contribution in [0.1, 0.15) is 13.3 Å². The van der Waals surface area contributed by atoms with Gasteiger partial charge in [-0.3, -0.25) is 18.2 Å². The number of hydrogen-bond donors (Lipinski definition) is 6. The van der Waals surface area contributed by atoms with Crippen LogP contribution < -0.4 is 0 Å². The van der Waals surface area contributed by atoms with E-state index in [1.807, 2.05) is 0 Å². The van der Waals surface area contributed by atoms with E-state index in [0.717, 1.165) is 0 Å². The van der Waals surface area contributed by atoms with Crippen molar-refractivity contribution >= 4 is 20.8 Å². The zero-order valence-corrected chi connectivity index (χ0v) is 9.05. The zero-order valence-electron chi connectivity index (χ0n) is 7.42. The molecule has 0 aliphatic carbocycles. The van der Waals surface area contributed by atoms with Crippen molar-refractivity contribution in [3.05, 3.63) is 0 Å². The lowest BCUT2D eigenvalue weighted by Gasteiger charge is -1.90. The minimum absolute atomic E-state index is 0.417. The molecule has 12 heteroatoms. The van der Waals surface area contributed by atoms with E-state index >= 15 is 0 Å². The largest absolute Gasteiger partial charge is 0.394 e. The lowest BCUT2D eigenvalue weighted by Crippen LogP contribution is -1.99. The molecule has 15 heavy (non-hydrogen) atoms. The van der Waals surface area contributed by atoms with Crippen LogP contribution in [0.3, 0.4) is 0 Å². The van der Waals surface area contributed by atoms with Crippen LogP contribution in [0, 0.1) is 0 Å². The SMILES string of the molecule is CCC(O)O.O=S(=O)(O)O.O=S(=O)(O)O. The molecule has 0 aliphatic heterocycles. The number of rotatable bonds is 1. The Labute approximate surface area is 86.3 Å². The van der Waals surface area contributed by atoms with Crippen molar-refractivity contribution in [1.82, 2.24) is 0 Å². The summed E-state index contributed by atoms with van der Waals surface area (Å²) in [7, 11) is -9.33. The van der Waals surface area contributed by atoms with Gasteiger partial charge in [-0.25, -0.2) is 0 Å². The molecule has 0 aliphatic rings. The summed E-state index contributed by atoms with van der Waals surface area (Å²) in [5.74, 6) is 0. The van der Waals surface area contributed by atoms with Gasteiger partial charge < -0.3 is 10.2 Å². The summed E-state index contributed by atoms with van der Waals surface area (Å²) in [5, 5.41) is 15.8. The molecule has 0 aromatic carbocycles. The van der Waals surface area contributed by atoms with E-state index < -0.39 is 27.1 Å². The van der Waals surface area contributed by atoms with Crippen LogP contribution >= 0.6 is 0 Å². The van der Waals surface area contributed by atoms with Gasteiger partial charge in [-0.05, 0) is 6.42 Å². The molecule has 0 heterocycles. The number of hydrogen-bond acceptors (Lipinski definition) is 6. The van der Waals surface area contributed by atoms with Crippen LogP contribution in [0.2, 0.25) is 0 Å². The topological polar surface area (TPSA) is 190 Å². The Morgan fingerprint density at radius 2 is 0.933 bits per heavy atom. The fourth-order valence-electron chi connectivity index (χ4n) is 0. The molecule has 10 nitrogen and oxygen atoms in total. The van der Waals surface area contributed by atoms with E-state index in [1.165, 1.54) is 0 Å². The van der Waals surface area contributed by atoms with Gasteiger partial charge in [0, 0.05) is 0 Å². The Balaban J connectivity index is -0.000000144. The third-order valence-electron chi connectivity index (χ3n) is 0.365. The maximum absolute atomic E-state index is 8.74. The molecule has 0 atom stereocenters. The normalized spacial score (nSPS) is 10.9. The molecule has 0 saturated heterocycles. The number of aliphatic hydroxyl groups excluding tert-OH is 1. The molecule has 0 fully saturated rings. The summed E-state index contributed by atoms with van der Waals surface area (Å²) >= 11 is 0. The standard InChI is InChI=1S/C3H8O2.2H2O4S/c1-2-3(4)5;2*1-5(2,3)4/h3-5H,2H2,1H3;2*(H2,1,2,3,4). The van der Waals surface area contributed by atoms with Crippen LogP contribution in [0.15, 0.2) is 0 Å². The lowest BCUT2D eigenvalue weighted by atomic mass is 10.5. The molecule has 0 spiro atoms. The second kappa shape index (κ2) is 8.93. The average Bonchev–Trinajstić information content (AvgIpc) is 1.79. The van der Waals surface area contributed by atoms with Crippen LogP contribution in [0.5, 0.6) is 0 Å². The Morgan fingerprint density at radius 3 is 0.933 bits per heavy atom. The number of aliphatic hydroxyl groups is 2. The Kier molecular flexibility index (Phi) is 12.0. The fraction of sp³-hybridized carbons (Fsp3) is 1.00. The van der Waals surface area contributed by atoms with E-state index in [1.54, 1.807) is 6.92 Å². The molecule has 96 valence electrons. The molecule has 0 unspecified atom stereocenters. The summed E-state index contributed by atoms with van der Waals surface area (Å²) in [4.78, 5) is 0. The van der Waals surface area contributed by atoms with Gasteiger partial charge in [-0.1, -0.05) is 6.92 Å². The van der Waals surface area contributed by atoms with Gasteiger partial charge in [0.05, 0.1) is 0 Å². The molecule has 0 rings (SSSR count). The van der Waals surface area contributed by atoms with Crippen LogP contribution in [0.4, 0.5) is 0 Å². The van der Waals surface area contributed by atoms with Crippen LogP contribution in [0.25, 0.3) is 0 Å². The van der Waals surface area contributed by atoms with Gasteiger partial charge in [0.15, 0.2) is 6.29 Å². The molecule has 0 amide bonds. The minimum atomic E-state index is -4.67. The highest BCUT2D eigenvalue weighted by Gasteiger charge is 1.85. The molecule has 6 N–H and O–H groups in total. The summed E-state index contributed by atoms with van der Waals surface area (Å²) in [6.07, 6.45) is -0.699. The predicted octanol–water partition coefficient (Wildman–Crippen LogP) is -1.60. The van der Waals surface area contributed by atoms with E-state index in [2.05, 4.69) is 0 Å². The summed E-state index contributed by atoms with van der Waals surface area (Å²) in [6, 6.07) is 0. The summed E-state index contributed by atoms with van der Waals surface area (Å²) in [5.41, 5.74) is 0. The maximum Gasteiger partial charge on any atom is 0.394 e. The Hall–Kier alpha value is -0.340.